The molecule has 0 aliphatic heterocycles. The Kier molecular flexibility index (Phi) is 6.73. The summed E-state index contributed by atoms with van der Waals surface area (Å²) >= 11 is 7.18. The van der Waals surface area contributed by atoms with Crippen LogP contribution in [0.15, 0.2) is 52.7 Å². The van der Waals surface area contributed by atoms with Crippen LogP contribution in [0.2, 0.25) is 5.02 Å². The van der Waals surface area contributed by atoms with Crippen molar-refractivity contribution in [1.82, 2.24) is 20.2 Å². The number of rotatable bonds is 7. The first-order valence-corrected chi connectivity index (χ1v) is 10.00. The minimum absolute atomic E-state index is 0.0573. The van der Waals surface area contributed by atoms with Crippen molar-refractivity contribution in [2.45, 2.75) is 18.6 Å². The van der Waals surface area contributed by atoms with Gasteiger partial charge >= 0.3 is 0 Å². The molecule has 0 aliphatic carbocycles. The van der Waals surface area contributed by atoms with Crippen LogP contribution < -0.4 is 5.43 Å². The summed E-state index contributed by atoms with van der Waals surface area (Å²) in [5, 5.41) is 32.4. The molecule has 0 spiro atoms. The molecule has 1 aromatic heterocycles. The first-order chi connectivity index (χ1) is 14.0. The molecule has 0 bridgehead atoms. The molecule has 1 heterocycles. The van der Waals surface area contributed by atoms with Gasteiger partial charge in [-0.25, -0.2) is 5.43 Å². The standard InChI is InChI=1S/C19H18ClN5O3S/c1-2-25-18(12-3-6-14(20)7-4-12)23-24-19(25)29-11-17(28)22-21-10-13-5-8-15(26)9-16(13)27/h3-10,26-27H,2,11H2,1H3,(H,22,28)/b21-10-. The largest absolute Gasteiger partial charge is 0.508 e. The Morgan fingerprint density at radius 3 is 2.69 bits per heavy atom. The van der Waals surface area contributed by atoms with E-state index in [1.54, 1.807) is 12.1 Å². The van der Waals surface area contributed by atoms with Crippen molar-refractivity contribution in [2.75, 3.05) is 5.75 Å². The number of hydrogen-bond acceptors (Lipinski definition) is 7. The van der Waals surface area contributed by atoms with E-state index >= 15 is 0 Å². The van der Waals surface area contributed by atoms with Crippen LogP contribution in [0, 0.1) is 0 Å². The van der Waals surface area contributed by atoms with Gasteiger partial charge in [0, 0.05) is 28.8 Å². The molecule has 150 valence electrons. The SMILES string of the molecule is CCn1c(SCC(=O)N/N=C\c2ccc(O)cc2O)nnc1-c1ccc(Cl)cc1. The van der Waals surface area contributed by atoms with E-state index in [2.05, 4.69) is 20.7 Å². The van der Waals surface area contributed by atoms with Crippen LogP contribution in [0.3, 0.4) is 0 Å². The summed E-state index contributed by atoms with van der Waals surface area (Å²) in [5.41, 5.74) is 3.65. The molecular formula is C19H18ClN5O3S. The first-order valence-electron chi connectivity index (χ1n) is 8.63. The Bertz CT molecular complexity index is 1040. The minimum Gasteiger partial charge on any atom is -0.508 e. The molecule has 2 aromatic carbocycles. The van der Waals surface area contributed by atoms with Gasteiger partial charge in [0.25, 0.3) is 5.91 Å². The topological polar surface area (TPSA) is 113 Å². The number of hydrogen-bond donors (Lipinski definition) is 3. The molecule has 1 amide bonds. The fourth-order valence-corrected chi connectivity index (χ4v) is 3.39. The molecule has 0 atom stereocenters. The number of amides is 1. The van der Waals surface area contributed by atoms with Gasteiger partial charge in [0.05, 0.1) is 12.0 Å². The van der Waals surface area contributed by atoms with Crippen molar-refractivity contribution in [3.05, 3.63) is 53.1 Å². The van der Waals surface area contributed by atoms with Crippen molar-refractivity contribution >= 4 is 35.5 Å². The third kappa shape index (κ3) is 5.27. The molecule has 0 saturated carbocycles. The van der Waals surface area contributed by atoms with Crippen molar-refractivity contribution < 1.29 is 15.0 Å². The molecule has 0 aliphatic rings. The molecule has 3 N–H and O–H groups in total. The number of hydrazone groups is 1. The van der Waals surface area contributed by atoms with E-state index in [9.17, 15) is 15.0 Å². The zero-order valence-electron chi connectivity index (χ0n) is 15.4. The lowest BCUT2D eigenvalue weighted by molar-refractivity contribution is -0.118. The molecule has 3 aromatic rings. The van der Waals surface area contributed by atoms with Gasteiger partial charge in [-0.1, -0.05) is 23.4 Å². The van der Waals surface area contributed by atoms with Gasteiger partial charge in [0.15, 0.2) is 11.0 Å². The third-order valence-corrected chi connectivity index (χ3v) is 5.09. The average molecular weight is 432 g/mol. The number of nitrogens with zero attached hydrogens (tertiary/aromatic N) is 4. The number of halogens is 1. The van der Waals surface area contributed by atoms with E-state index < -0.39 is 0 Å². The molecule has 29 heavy (non-hydrogen) atoms. The summed E-state index contributed by atoms with van der Waals surface area (Å²) in [6.07, 6.45) is 1.30. The van der Waals surface area contributed by atoms with E-state index in [-0.39, 0.29) is 23.2 Å². The summed E-state index contributed by atoms with van der Waals surface area (Å²) in [7, 11) is 0. The number of phenols is 2. The second-order valence-electron chi connectivity index (χ2n) is 5.88. The normalized spacial score (nSPS) is 11.1. The van der Waals surface area contributed by atoms with Crippen molar-refractivity contribution in [2.24, 2.45) is 5.10 Å². The highest BCUT2D eigenvalue weighted by Crippen LogP contribution is 2.25. The summed E-state index contributed by atoms with van der Waals surface area (Å²) in [4.78, 5) is 12.0. The molecule has 0 unspecified atom stereocenters. The number of aromatic hydroxyl groups is 2. The number of carbonyl (C=O) groups is 1. The number of carbonyl (C=O) groups excluding carboxylic acids is 1. The molecule has 8 nitrogen and oxygen atoms in total. The second kappa shape index (κ2) is 9.44. The van der Waals surface area contributed by atoms with Crippen LogP contribution in [-0.4, -0.2) is 42.9 Å². The fourth-order valence-electron chi connectivity index (χ4n) is 2.47. The van der Waals surface area contributed by atoms with Crippen molar-refractivity contribution in [1.29, 1.82) is 0 Å². The van der Waals surface area contributed by atoms with Crippen molar-refractivity contribution in [3.8, 4) is 22.9 Å². The summed E-state index contributed by atoms with van der Waals surface area (Å²) in [6, 6.07) is 11.4. The number of thioether (sulfide) groups is 1. The van der Waals surface area contributed by atoms with E-state index in [0.29, 0.717) is 28.1 Å². The summed E-state index contributed by atoms with van der Waals surface area (Å²) in [6.45, 7) is 2.62. The highest BCUT2D eigenvalue weighted by molar-refractivity contribution is 7.99. The van der Waals surface area contributed by atoms with E-state index in [4.69, 9.17) is 11.6 Å². The van der Waals surface area contributed by atoms with Gasteiger partial charge in [0.2, 0.25) is 0 Å². The second-order valence-corrected chi connectivity index (χ2v) is 7.26. The summed E-state index contributed by atoms with van der Waals surface area (Å²) < 4.78 is 1.92. The lowest BCUT2D eigenvalue weighted by Gasteiger charge is -2.07. The van der Waals surface area contributed by atoms with Gasteiger partial charge in [0.1, 0.15) is 11.5 Å². The molecule has 10 heteroatoms. The molecule has 0 saturated heterocycles. The van der Waals surface area contributed by atoms with Crippen LogP contribution in [0.25, 0.3) is 11.4 Å². The molecular weight excluding hydrogens is 414 g/mol. The Morgan fingerprint density at radius 2 is 2.00 bits per heavy atom. The lowest BCUT2D eigenvalue weighted by atomic mass is 10.2. The maximum atomic E-state index is 12.0. The first kappa shape index (κ1) is 20.7. The summed E-state index contributed by atoms with van der Waals surface area (Å²) in [5.74, 6) is 0.273. The number of nitrogens with one attached hydrogen (secondary N) is 1. The van der Waals surface area contributed by atoms with Crippen LogP contribution >= 0.6 is 23.4 Å². The average Bonchev–Trinajstić information content (AvgIpc) is 3.11. The predicted molar refractivity (Wildman–Crippen MR) is 112 cm³/mol. The maximum absolute atomic E-state index is 12.0. The van der Waals surface area contributed by atoms with Crippen LogP contribution in [0.5, 0.6) is 11.5 Å². The Labute approximate surface area is 176 Å². The highest BCUT2D eigenvalue weighted by atomic mass is 35.5. The van der Waals surface area contributed by atoms with E-state index in [0.717, 1.165) is 5.56 Å². The monoisotopic (exact) mass is 431 g/mol. The Balaban J connectivity index is 1.60. The molecule has 3 rings (SSSR count). The Morgan fingerprint density at radius 1 is 1.24 bits per heavy atom. The van der Waals surface area contributed by atoms with Gasteiger partial charge in [-0.15, -0.1) is 10.2 Å². The fraction of sp³-hybridized carbons (Fsp3) is 0.158. The van der Waals surface area contributed by atoms with Crippen LogP contribution in [0.4, 0.5) is 0 Å². The van der Waals surface area contributed by atoms with Crippen LogP contribution in [0.1, 0.15) is 12.5 Å². The Hall–Kier alpha value is -3.04. The van der Waals surface area contributed by atoms with E-state index in [1.165, 1.54) is 36.2 Å². The maximum Gasteiger partial charge on any atom is 0.250 e. The van der Waals surface area contributed by atoms with E-state index in [1.807, 2.05) is 23.6 Å². The highest BCUT2D eigenvalue weighted by Gasteiger charge is 2.14. The lowest BCUT2D eigenvalue weighted by Crippen LogP contribution is -2.20. The zero-order chi connectivity index (χ0) is 20.8. The number of aromatic nitrogens is 3. The zero-order valence-corrected chi connectivity index (χ0v) is 17.0. The number of phenolic OH excluding ortho intramolecular Hbond substituents is 2. The van der Waals surface area contributed by atoms with Gasteiger partial charge in [-0.3, -0.25) is 4.79 Å². The van der Waals surface area contributed by atoms with Gasteiger partial charge in [-0.05, 0) is 43.3 Å². The van der Waals surface area contributed by atoms with Gasteiger partial charge in [-0.2, -0.15) is 5.10 Å². The minimum atomic E-state index is -0.330. The van der Waals surface area contributed by atoms with Crippen molar-refractivity contribution in [3.63, 3.8) is 0 Å². The quantitative estimate of drug-likeness (QED) is 0.300. The smallest absolute Gasteiger partial charge is 0.250 e. The third-order valence-electron chi connectivity index (χ3n) is 3.87. The van der Waals surface area contributed by atoms with Crippen LogP contribution in [-0.2, 0) is 11.3 Å². The molecule has 0 radical (unpaired) electrons. The predicted octanol–water partition coefficient (Wildman–Crippen LogP) is 3.27. The van der Waals surface area contributed by atoms with Gasteiger partial charge < -0.3 is 14.8 Å². The molecule has 0 fully saturated rings. The number of benzene rings is 2.